The molecule has 150 valence electrons. The van der Waals surface area contributed by atoms with Gasteiger partial charge in [0.1, 0.15) is 11.5 Å². The molecule has 0 heterocycles. The molecule has 0 saturated carbocycles. The third-order valence-electron chi connectivity index (χ3n) is 4.51. The fourth-order valence-corrected chi connectivity index (χ4v) is 2.98. The smallest absolute Gasteiger partial charge is 0.308 e. The number of aromatic hydroxyl groups is 1. The summed E-state index contributed by atoms with van der Waals surface area (Å²) in [5.41, 5.74) is 1.91. The van der Waals surface area contributed by atoms with E-state index in [0.717, 1.165) is 18.4 Å². The van der Waals surface area contributed by atoms with Crippen LogP contribution in [0.1, 0.15) is 68.3 Å². The molecule has 2 rings (SSSR count). The van der Waals surface area contributed by atoms with E-state index < -0.39 is 5.97 Å². The number of hydrogen-bond acceptors (Lipinski definition) is 4. The SMILES string of the molecule is CCCCCCCCc1ccc(O)c(NC(=O)c2ccc(OC(C)=O)cc2)c1. The van der Waals surface area contributed by atoms with Gasteiger partial charge < -0.3 is 15.2 Å². The van der Waals surface area contributed by atoms with Crippen LogP contribution >= 0.6 is 0 Å². The monoisotopic (exact) mass is 383 g/mol. The molecule has 0 aliphatic rings. The van der Waals surface area contributed by atoms with Gasteiger partial charge in [-0.05, 0) is 54.8 Å². The quantitative estimate of drug-likeness (QED) is 0.247. The number of ether oxygens (including phenoxy) is 1. The summed E-state index contributed by atoms with van der Waals surface area (Å²) in [5.74, 6) is -0.324. The predicted octanol–water partition coefficient (Wildman–Crippen LogP) is 5.47. The second-order valence-corrected chi connectivity index (χ2v) is 6.94. The lowest BCUT2D eigenvalue weighted by atomic mass is 10.0. The summed E-state index contributed by atoms with van der Waals surface area (Å²) in [6.45, 7) is 3.53. The molecule has 0 fully saturated rings. The van der Waals surface area contributed by atoms with Crippen molar-refractivity contribution in [1.29, 1.82) is 0 Å². The van der Waals surface area contributed by atoms with Crippen LogP contribution in [0.2, 0.25) is 0 Å². The molecule has 0 aliphatic carbocycles. The van der Waals surface area contributed by atoms with Crippen molar-refractivity contribution in [2.24, 2.45) is 0 Å². The summed E-state index contributed by atoms with van der Waals surface area (Å²) in [6.07, 6.45) is 8.27. The average Bonchev–Trinajstić information content (AvgIpc) is 2.67. The van der Waals surface area contributed by atoms with Crippen molar-refractivity contribution in [3.05, 3.63) is 53.6 Å². The van der Waals surface area contributed by atoms with Crippen molar-refractivity contribution in [2.75, 3.05) is 5.32 Å². The predicted molar refractivity (Wildman–Crippen MR) is 111 cm³/mol. The average molecular weight is 383 g/mol. The van der Waals surface area contributed by atoms with Gasteiger partial charge in [-0.3, -0.25) is 9.59 Å². The third kappa shape index (κ3) is 7.06. The molecule has 5 nitrogen and oxygen atoms in total. The zero-order valence-corrected chi connectivity index (χ0v) is 16.7. The normalized spacial score (nSPS) is 10.5. The van der Waals surface area contributed by atoms with E-state index in [2.05, 4.69) is 12.2 Å². The van der Waals surface area contributed by atoms with Crippen molar-refractivity contribution in [2.45, 2.75) is 58.8 Å². The maximum Gasteiger partial charge on any atom is 0.308 e. The molecule has 0 atom stereocenters. The fourth-order valence-electron chi connectivity index (χ4n) is 2.98. The Bertz CT molecular complexity index is 784. The molecule has 0 bridgehead atoms. The second-order valence-electron chi connectivity index (χ2n) is 6.94. The zero-order chi connectivity index (χ0) is 20.4. The molecule has 0 aliphatic heterocycles. The fraction of sp³-hybridized carbons (Fsp3) is 0.391. The number of benzene rings is 2. The summed E-state index contributed by atoms with van der Waals surface area (Å²) in [7, 11) is 0. The van der Waals surface area contributed by atoms with Gasteiger partial charge in [-0.25, -0.2) is 0 Å². The number of unbranched alkanes of at least 4 members (excludes halogenated alkanes) is 5. The number of rotatable bonds is 10. The number of carbonyl (C=O) groups is 2. The van der Waals surface area contributed by atoms with Crippen molar-refractivity contribution < 1.29 is 19.4 Å². The topological polar surface area (TPSA) is 75.6 Å². The summed E-state index contributed by atoms with van der Waals surface area (Å²) in [6, 6.07) is 11.6. The standard InChI is InChI=1S/C23H29NO4/c1-3-4-5-6-7-8-9-18-10-15-22(26)21(16-18)24-23(27)19-11-13-20(14-12-19)28-17(2)25/h10-16,26H,3-9H2,1-2H3,(H,24,27). The van der Waals surface area contributed by atoms with Crippen LogP contribution in [0.25, 0.3) is 0 Å². The molecule has 0 unspecified atom stereocenters. The molecule has 1 amide bonds. The van der Waals surface area contributed by atoms with Crippen LogP contribution in [0.4, 0.5) is 5.69 Å². The van der Waals surface area contributed by atoms with Crippen LogP contribution in [0.5, 0.6) is 11.5 Å². The third-order valence-corrected chi connectivity index (χ3v) is 4.51. The Kier molecular flexibility index (Phi) is 8.53. The van der Waals surface area contributed by atoms with Crippen molar-refractivity contribution in [3.8, 4) is 11.5 Å². The number of nitrogens with one attached hydrogen (secondary N) is 1. The minimum absolute atomic E-state index is 0.0385. The van der Waals surface area contributed by atoms with E-state index in [4.69, 9.17) is 4.74 Å². The van der Waals surface area contributed by atoms with Gasteiger partial charge in [-0.15, -0.1) is 0 Å². The van der Waals surface area contributed by atoms with E-state index in [1.807, 2.05) is 12.1 Å². The highest BCUT2D eigenvalue weighted by Gasteiger charge is 2.10. The lowest BCUT2D eigenvalue weighted by Crippen LogP contribution is -2.12. The van der Waals surface area contributed by atoms with E-state index in [-0.39, 0.29) is 11.7 Å². The highest BCUT2D eigenvalue weighted by Crippen LogP contribution is 2.26. The molecule has 0 saturated heterocycles. The molecule has 2 aromatic rings. The summed E-state index contributed by atoms with van der Waals surface area (Å²) < 4.78 is 4.96. The number of aryl methyl sites for hydroxylation is 1. The molecular weight excluding hydrogens is 354 g/mol. The summed E-state index contributed by atoms with van der Waals surface area (Å²) in [5, 5.41) is 12.8. The van der Waals surface area contributed by atoms with Crippen molar-refractivity contribution in [3.63, 3.8) is 0 Å². The highest BCUT2D eigenvalue weighted by molar-refractivity contribution is 6.05. The number of anilines is 1. The Morgan fingerprint density at radius 3 is 2.32 bits per heavy atom. The van der Waals surface area contributed by atoms with Gasteiger partial charge in [0.15, 0.2) is 0 Å². The number of phenols is 1. The van der Waals surface area contributed by atoms with Gasteiger partial charge in [-0.2, -0.15) is 0 Å². The minimum Gasteiger partial charge on any atom is -0.506 e. The van der Waals surface area contributed by atoms with Crippen LogP contribution in [0.3, 0.4) is 0 Å². The Labute approximate surface area is 166 Å². The van der Waals surface area contributed by atoms with Gasteiger partial charge in [-0.1, -0.05) is 45.1 Å². The Morgan fingerprint density at radius 1 is 0.964 bits per heavy atom. The Morgan fingerprint density at radius 2 is 1.64 bits per heavy atom. The van der Waals surface area contributed by atoms with Crippen LogP contribution in [0, 0.1) is 0 Å². The minimum atomic E-state index is -0.413. The lowest BCUT2D eigenvalue weighted by molar-refractivity contribution is -0.131. The number of phenolic OH excluding ortho intramolecular Hbond substituents is 1. The number of hydrogen-bond donors (Lipinski definition) is 2. The summed E-state index contributed by atoms with van der Waals surface area (Å²) >= 11 is 0. The Balaban J connectivity index is 1.93. The first-order chi connectivity index (χ1) is 13.5. The summed E-state index contributed by atoms with van der Waals surface area (Å²) in [4.78, 5) is 23.4. The molecule has 0 spiro atoms. The van der Waals surface area contributed by atoms with Crippen molar-refractivity contribution >= 4 is 17.6 Å². The van der Waals surface area contributed by atoms with E-state index in [9.17, 15) is 14.7 Å². The lowest BCUT2D eigenvalue weighted by Gasteiger charge is -2.10. The largest absolute Gasteiger partial charge is 0.506 e. The van der Waals surface area contributed by atoms with Crippen LogP contribution in [-0.4, -0.2) is 17.0 Å². The maximum atomic E-state index is 12.4. The Hall–Kier alpha value is -2.82. The molecule has 2 N–H and O–H groups in total. The van der Waals surface area contributed by atoms with Crippen LogP contribution < -0.4 is 10.1 Å². The van der Waals surface area contributed by atoms with Gasteiger partial charge in [0.05, 0.1) is 5.69 Å². The first kappa shape index (κ1) is 21.5. The van der Waals surface area contributed by atoms with E-state index in [1.165, 1.54) is 39.0 Å². The first-order valence-corrected chi connectivity index (χ1v) is 9.91. The first-order valence-electron chi connectivity index (χ1n) is 9.91. The molecule has 0 radical (unpaired) electrons. The van der Waals surface area contributed by atoms with Gasteiger partial charge in [0.2, 0.25) is 0 Å². The molecule has 5 heteroatoms. The molecule has 2 aromatic carbocycles. The van der Waals surface area contributed by atoms with Gasteiger partial charge >= 0.3 is 5.97 Å². The number of carbonyl (C=O) groups excluding carboxylic acids is 2. The van der Waals surface area contributed by atoms with E-state index >= 15 is 0 Å². The van der Waals surface area contributed by atoms with Crippen molar-refractivity contribution in [1.82, 2.24) is 0 Å². The van der Waals surface area contributed by atoms with Crippen LogP contribution in [-0.2, 0) is 11.2 Å². The highest BCUT2D eigenvalue weighted by atomic mass is 16.5. The van der Waals surface area contributed by atoms with Crippen LogP contribution in [0.15, 0.2) is 42.5 Å². The van der Waals surface area contributed by atoms with Gasteiger partial charge in [0, 0.05) is 12.5 Å². The van der Waals surface area contributed by atoms with E-state index in [1.54, 1.807) is 30.3 Å². The molecular formula is C23H29NO4. The van der Waals surface area contributed by atoms with E-state index in [0.29, 0.717) is 17.0 Å². The molecule has 0 aromatic heterocycles. The van der Waals surface area contributed by atoms with Gasteiger partial charge in [0.25, 0.3) is 5.91 Å². The number of esters is 1. The second kappa shape index (κ2) is 11.1. The molecule has 28 heavy (non-hydrogen) atoms. The maximum absolute atomic E-state index is 12.4. The zero-order valence-electron chi connectivity index (χ0n) is 16.7. The number of amides is 1.